The van der Waals surface area contributed by atoms with Crippen LogP contribution in [0.25, 0.3) is 0 Å². The van der Waals surface area contributed by atoms with Crippen LogP contribution in [0.5, 0.6) is 11.5 Å². The molecule has 0 spiro atoms. The van der Waals surface area contributed by atoms with Crippen LogP contribution in [0, 0.1) is 27.2 Å². The molecule has 0 aliphatic heterocycles. The van der Waals surface area contributed by atoms with Gasteiger partial charge in [0, 0.05) is 23.9 Å². The van der Waals surface area contributed by atoms with Crippen molar-refractivity contribution in [3.05, 3.63) is 98.1 Å². The third-order valence-corrected chi connectivity index (χ3v) is 4.04. The topological polar surface area (TPSA) is 108 Å². The zero-order chi connectivity index (χ0) is 20.1. The number of anilines is 1. The molecule has 3 aromatic carbocycles. The van der Waals surface area contributed by atoms with E-state index >= 15 is 0 Å². The Labute approximate surface area is 160 Å². The summed E-state index contributed by atoms with van der Waals surface area (Å²) in [7, 11) is 0. The molecular formula is C20H17N3O5. The molecule has 142 valence electrons. The zero-order valence-corrected chi connectivity index (χ0v) is 15.0. The Morgan fingerprint density at radius 2 is 1.68 bits per heavy atom. The minimum Gasteiger partial charge on any atom is -0.450 e. The fourth-order valence-electron chi connectivity index (χ4n) is 2.67. The van der Waals surface area contributed by atoms with E-state index in [9.17, 15) is 20.2 Å². The predicted molar refractivity (Wildman–Crippen MR) is 105 cm³/mol. The summed E-state index contributed by atoms with van der Waals surface area (Å²) >= 11 is 0. The molecule has 0 aliphatic rings. The fourth-order valence-corrected chi connectivity index (χ4v) is 2.67. The normalized spacial score (nSPS) is 10.3. The predicted octanol–water partition coefficient (Wildman–Crippen LogP) is 5.22. The molecule has 8 heteroatoms. The van der Waals surface area contributed by atoms with Gasteiger partial charge in [0.1, 0.15) is 5.75 Å². The molecule has 0 heterocycles. The monoisotopic (exact) mass is 379 g/mol. The molecule has 3 aromatic rings. The summed E-state index contributed by atoms with van der Waals surface area (Å²) in [5, 5.41) is 25.5. The molecule has 0 saturated heterocycles. The van der Waals surface area contributed by atoms with Gasteiger partial charge in [0.2, 0.25) is 5.75 Å². The van der Waals surface area contributed by atoms with Crippen LogP contribution in [0.4, 0.5) is 17.1 Å². The number of nitrogens with zero attached hydrogens (tertiary/aromatic N) is 2. The molecule has 1 N–H and O–H groups in total. The molecule has 0 saturated carbocycles. The van der Waals surface area contributed by atoms with Crippen LogP contribution >= 0.6 is 0 Å². The van der Waals surface area contributed by atoms with Crippen LogP contribution in [0.1, 0.15) is 11.1 Å². The van der Waals surface area contributed by atoms with Gasteiger partial charge >= 0.3 is 5.69 Å². The molecule has 0 bridgehead atoms. The highest BCUT2D eigenvalue weighted by atomic mass is 16.6. The van der Waals surface area contributed by atoms with E-state index in [1.807, 2.05) is 43.3 Å². The summed E-state index contributed by atoms with van der Waals surface area (Å²) in [5.74, 6) is 0.373. The van der Waals surface area contributed by atoms with E-state index in [1.165, 1.54) is 12.1 Å². The lowest BCUT2D eigenvalue weighted by atomic mass is 10.1. The van der Waals surface area contributed by atoms with E-state index in [1.54, 1.807) is 12.1 Å². The van der Waals surface area contributed by atoms with Crippen LogP contribution in [0.3, 0.4) is 0 Å². The van der Waals surface area contributed by atoms with Gasteiger partial charge in [-0.15, -0.1) is 0 Å². The SMILES string of the molecule is Cc1cccc(NCc2ccccc2Oc2ccc([N+](=O)[O-])cc2[N+](=O)[O-])c1. The van der Waals surface area contributed by atoms with Crippen molar-refractivity contribution in [2.24, 2.45) is 0 Å². The van der Waals surface area contributed by atoms with Crippen molar-refractivity contribution in [2.45, 2.75) is 13.5 Å². The van der Waals surface area contributed by atoms with Crippen LogP contribution in [-0.4, -0.2) is 9.85 Å². The smallest absolute Gasteiger partial charge is 0.318 e. The molecule has 0 unspecified atom stereocenters. The van der Waals surface area contributed by atoms with Gasteiger partial charge in [-0.1, -0.05) is 30.3 Å². The Hall–Kier alpha value is -3.94. The lowest BCUT2D eigenvalue weighted by molar-refractivity contribution is -0.394. The summed E-state index contributed by atoms with van der Waals surface area (Å²) < 4.78 is 5.74. The van der Waals surface area contributed by atoms with Gasteiger partial charge in [0.15, 0.2) is 0 Å². The van der Waals surface area contributed by atoms with Crippen LogP contribution in [0.2, 0.25) is 0 Å². The van der Waals surface area contributed by atoms with Crippen molar-refractivity contribution in [1.29, 1.82) is 0 Å². The second-order valence-electron chi connectivity index (χ2n) is 6.10. The molecule has 0 aliphatic carbocycles. The minimum atomic E-state index is -0.698. The van der Waals surface area contributed by atoms with E-state index in [-0.39, 0.29) is 11.4 Å². The highest BCUT2D eigenvalue weighted by Gasteiger charge is 2.21. The number of nitrogens with one attached hydrogen (secondary N) is 1. The molecule has 0 radical (unpaired) electrons. The second kappa shape index (κ2) is 8.17. The van der Waals surface area contributed by atoms with Crippen molar-refractivity contribution in [3.8, 4) is 11.5 Å². The molecule has 0 fully saturated rings. The maximum Gasteiger partial charge on any atom is 0.318 e. The van der Waals surface area contributed by atoms with Crippen LogP contribution < -0.4 is 10.1 Å². The Morgan fingerprint density at radius 3 is 2.39 bits per heavy atom. The lowest BCUT2D eigenvalue weighted by Crippen LogP contribution is -2.02. The Bertz CT molecular complexity index is 1040. The van der Waals surface area contributed by atoms with Gasteiger partial charge in [0.05, 0.1) is 15.9 Å². The standard InChI is InChI=1S/C20H17N3O5/c1-14-5-4-7-16(11-14)21-13-15-6-2-3-8-19(15)28-20-10-9-17(22(24)25)12-18(20)23(26)27/h2-12,21H,13H2,1H3. The molecule has 0 amide bonds. The summed E-state index contributed by atoms with van der Waals surface area (Å²) in [6.45, 7) is 2.44. The van der Waals surface area contributed by atoms with Gasteiger partial charge in [-0.05, 0) is 36.8 Å². The average molecular weight is 379 g/mol. The third-order valence-electron chi connectivity index (χ3n) is 4.04. The van der Waals surface area contributed by atoms with Gasteiger partial charge in [-0.3, -0.25) is 20.2 Å². The second-order valence-corrected chi connectivity index (χ2v) is 6.10. The lowest BCUT2D eigenvalue weighted by Gasteiger charge is -2.13. The van der Waals surface area contributed by atoms with E-state index in [4.69, 9.17) is 4.74 Å². The van der Waals surface area contributed by atoms with Crippen molar-refractivity contribution in [1.82, 2.24) is 0 Å². The van der Waals surface area contributed by atoms with Crippen LogP contribution in [0.15, 0.2) is 66.7 Å². The number of nitro benzene ring substituents is 2. The number of benzene rings is 3. The highest BCUT2D eigenvalue weighted by Crippen LogP contribution is 2.35. The fraction of sp³-hybridized carbons (Fsp3) is 0.100. The first-order chi connectivity index (χ1) is 13.4. The summed E-state index contributed by atoms with van der Waals surface area (Å²) in [5.41, 5.74) is 2.02. The molecule has 0 atom stereocenters. The van der Waals surface area contributed by atoms with E-state index in [0.717, 1.165) is 22.9 Å². The number of hydrogen-bond acceptors (Lipinski definition) is 6. The maximum atomic E-state index is 11.3. The number of aryl methyl sites for hydroxylation is 1. The molecule has 8 nitrogen and oxygen atoms in total. The number of non-ortho nitro benzene ring substituents is 1. The largest absolute Gasteiger partial charge is 0.450 e. The number of nitro groups is 2. The third kappa shape index (κ3) is 4.42. The molecular weight excluding hydrogens is 362 g/mol. The Kier molecular flexibility index (Phi) is 5.50. The number of para-hydroxylation sites is 1. The van der Waals surface area contributed by atoms with E-state index in [0.29, 0.717) is 12.3 Å². The molecule has 3 rings (SSSR count). The number of ether oxygens (including phenoxy) is 1. The van der Waals surface area contributed by atoms with Crippen molar-refractivity contribution in [2.75, 3.05) is 5.32 Å². The first kappa shape index (κ1) is 18.8. The summed E-state index contributed by atoms with van der Waals surface area (Å²) in [4.78, 5) is 20.8. The quantitative estimate of drug-likeness (QED) is 0.446. The van der Waals surface area contributed by atoms with Crippen molar-refractivity contribution < 1.29 is 14.6 Å². The molecule has 0 aromatic heterocycles. The first-order valence-corrected chi connectivity index (χ1v) is 8.43. The first-order valence-electron chi connectivity index (χ1n) is 8.43. The molecule has 28 heavy (non-hydrogen) atoms. The van der Waals surface area contributed by atoms with Crippen molar-refractivity contribution >= 4 is 17.1 Å². The summed E-state index contributed by atoms with van der Waals surface area (Å²) in [6, 6.07) is 18.3. The van der Waals surface area contributed by atoms with Gasteiger partial charge in [0.25, 0.3) is 5.69 Å². The number of hydrogen-bond donors (Lipinski definition) is 1. The minimum absolute atomic E-state index is 0.0568. The van der Waals surface area contributed by atoms with E-state index in [2.05, 4.69) is 5.32 Å². The zero-order valence-electron chi connectivity index (χ0n) is 15.0. The Morgan fingerprint density at radius 1 is 0.893 bits per heavy atom. The Balaban J connectivity index is 1.85. The highest BCUT2D eigenvalue weighted by molar-refractivity contribution is 5.55. The maximum absolute atomic E-state index is 11.3. The van der Waals surface area contributed by atoms with Crippen molar-refractivity contribution in [3.63, 3.8) is 0 Å². The van der Waals surface area contributed by atoms with Gasteiger partial charge in [-0.2, -0.15) is 0 Å². The van der Waals surface area contributed by atoms with E-state index < -0.39 is 15.5 Å². The summed E-state index contributed by atoms with van der Waals surface area (Å²) in [6.07, 6.45) is 0. The number of rotatable bonds is 7. The average Bonchev–Trinajstić information content (AvgIpc) is 2.67. The van der Waals surface area contributed by atoms with Gasteiger partial charge < -0.3 is 10.1 Å². The van der Waals surface area contributed by atoms with Crippen LogP contribution in [-0.2, 0) is 6.54 Å². The van der Waals surface area contributed by atoms with Gasteiger partial charge in [-0.25, -0.2) is 0 Å².